The number of carbonyl (C=O) groups is 1. The Hall–Kier alpha value is -1.94. The fourth-order valence-corrected chi connectivity index (χ4v) is 4.37. The van der Waals surface area contributed by atoms with Crippen LogP contribution < -0.4 is 0 Å². The van der Waals surface area contributed by atoms with E-state index in [1.807, 2.05) is 24.3 Å². The van der Waals surface area contributed by atoms with Gasteiger partial charge in [-0.1, -0.05) is 73.1 Å². The zero-order valence-corrected chi connectivity index (χ0v) is 17.3. The number of carbonyl (C=O) groups excluding carboxylic acids is 1. The maximum absolute atomic E-state index is 12.1. The van der Waals surface area contributed by atoms with Gasteiger partial charge in [0.1, 0.15) is 0 Å². The first-order valence-corrected chi connectivity index (χ1v) is 10.1. The molecule has 0 atom stereocenters. The van der Waals surface area contributed by atoms with Crippen LogP contribution in [0.25, 0.3) is 6.08 Å². The summed E-state index contributed by atoms with van der Waals surface area (Å²) in [6.45, 7) is 4.34. The minimum atomic E-state index is -0.0900. The maximum Gasteiger partial charge on any atom is 0.187 e. The van der Waals surface area contributed by atoms with Crippen molar-refractivity contribution in [2.75, 3.05) is 0 Å². The molecular formula is C22H19Cl2NOS. The van der Waals surface area contributed by atoms with Crippen LogP contribution in [0.5, 0.6) is 0 Å². The normalized spacial score (nSPS) is 11.4. The molecule has 5 heteroatoms. The molecule has 1 aromatic heterocycles. The number of allylic oxidation sites excluding steroid dienone is 1. The number of ketones is 1. The Labute approximate surface area is 173 Å². The molecule has 2 aromatic carbocycles. The third kappa shape index (κ3) is 4.67. The van der Waals surface area contributed by atoms with Gasteiger partial charge in [0.2, 0.25) is 0 Å². The Morgan fingerprint density at radius 3 is 2.52 bits per heavy atom. The molecule has 1 N–H and O–H groups in total. The summed E-state index contributed by atoms with van der Waals surface area (Å²) < 4.78 is 0. The van der Waals surface area contributed by atoms with Gasteiger partial charge in [-0.15, -0.1) is 0 Å². The predicted octanol–water partition coefficient (Wildman–Crippen LogP) is 7.49. The number of rotatable bonds is 6. The molecule has 0 saturated carbocycles. The first-order chi connectivity index (χ1) is 13.0. The van der Waals surface area contributed by atoms with Crippen molar-refractivity contribution in [3.8, 4) is 0 Å². The van der Waals surface area contributed by atoms with Gasteiger partial charge in [-0.25, -0.2) is 0 Å². The number of benzene rings is 2. The molecule has 2 nitrogen and oxygen atoms in total. The van der Waals surface area contributed by atoms with Crippen LogP contribution in [0.15, 0.2) is 70.7 Å². The molecule has 138 valence electrons. The van der Waals surface area contributed by atoms with Crippen LogP contribution in [0.2, 0.25) is 10.0 Å². The van der Waals surface area contributed by atoms with Crippen molar-refractivity contribution in [2.24, 2.45) is 0 Å². The number of aromatic amines is 1. The Balaban J connectivity index is 1.84. The van der Waals surface area contributed by atoms with E-state index in [0.717, 1.165) is 9.79 Å². The third-order valence-corrected chi connectivity index (χ3v) is 6.29. The minimum Gasteiger partial charge on any atom is -0.367 e. The lowest BCUT2D eigenvalue weighted by molar-refractivity contribution is 0.104. The molecule has 3 aromatic rings. The summed E-state index contributed by atoms with van der Waals surface area (Å²) in [7, 11) is 0. The van der Waals surface area contributed by atoms with Crippen molar-refractivity contribution in [3.05, 3.63) is 87.7 Å². The van der Waals surface area contributed by atoms with Crippen molar-refractivity contribution in [3.63, 3.8) is 0 Å². The molecule has 27 heavy (non-hydrogen) atoms. The topological polar surface area (TPSA) is 32.9 Å². The first kappa shape index (κ1) is 19.8. The van der Waals surface area contributed by atoms with E-state index in [2.05, 4.69) is 31.0 Å². The van der Waals surface area contributed by atoms with Crippen molar-refractivity contribution in [2.45, 2.75) is 29.6 Å². The summed E-state index contributed by atoms with van der Waals surface area (Å²) in [5.74, 6) is 0.331. The second-order valence-corrected chi connectivity index (χ2v) is 8.21. The van der Waals surface area contributed by atoms with Gasteiger partial charge < -0.3 is 4.98 Å². The monoisotopic (exact) mass is 415 g/mol. The number of H-pyrrole nitrogens is 1. The van der Waals surface area contributed by atoms with Gasteiger partial charge in [0.25, 0.3) is 0 Å². The number of hydrogen-bond acceptors (Lipinski definition) is 2. The summed E-state index contributed by atoms with van der Waals surface area (Å²) >= 11 is 14.6. The van der Waals surface area contributed by atoms with Gasteiger partial charge in [-0.2, -0.15) is 0 Å². The molecule has 1 heterocycles. The molecule has 0 bridgehead atoms. The van der Waals surface area contributed by atoms with Crippen LogP contribution in [0.1, 0.15) is 41.3 Å². The summed E-state index contributed by atoms with van der Waals surface area (Å²) in [6, 6.07) is 13.8. The Bertz CT molecular complexity index is 978. The maximum atomic E-state index is 12.1. The van der Waals surface area contributed by atoms with Gasteiger partial charge in [-0.3, -0.25) is 4.79 Å². The smallest absolute Gasteiger partial charge is 0.187 e. The summed E-state index contributed by atoms with van der Waals surface area (Å²) in [5, 5.41) is 0.943. The highest BCUT2D eigenvalue weighted by Crippen LogP contribution is 2.41. The molecular weight excluding hydrogens is 397 g/mol. The predicted molar refractivity (Wildman–Crippen MR) is 115 cm³/mol. The number of halogens is 2. The van der Waals surface area contributed by atoms with Gasteiger partial charge in [-0.05, 0) is 47.4 Å². The number of hydrogen-bond donors (Lipinski definition) is 1. The summed E-state index contributed by atoms with van der Waals surface area (Å²) in [6.07, 6.45) is 6.57. The zero-order chi connectivity index (χ0) is 19.4. The molecule has 0 radical (unpaired) electrons. The molecule has 0 spiro atoms. The molecule has 0 saturated heterocycles. The largest absolute Gasteiger partial charge is 0.367 e. The van der Waals surface area contributed by atoms with E-state index in [0.29, 0.717) is 27.1 Å². The van der Waals surface area contributed by atoms with Crippen molar-refractivity contribution >= 4 is 46.8 Å². The van der Waals surface area contributed by atoms with Crippen LogP contribution in [0.3, 0.4) is 0 Å². The second-order valence-electron chi connectivity index (χ2n) is 6.37. The van der Waals surface area contributed by atoms with Crippen molar-refractivity contribution < 1.29 is 4.79 Å². The SMILES string of the molecule is CC(C)c1ccccc1Sc1ccc(/C=C/C(=O)c2cc[nH]c2)c(Cl)c1Cl. The van der Waals surface area contributed by atoms with E-state index >= 15 is 0 Å². The number of aromatic nitrogens is 1. The second kappa shape index (κ2) is 8.83. The lowest BCUT2D eigenvalue weighted by Crippen LogP contribution is -1.92. The zero-order valence-electron chi connectivity index (χ0n) is 15.0. The van der Waals surface area contributed by atoms with Gasteiger partial charge in [0, 0.05) is 27.7 Å². The van der Waals surface area contributed by atoms with Gasteiger partial charge in [0.05, 0.1) is 10.0 Å². The highest BCUT2D eigenvalue weighted by Gasteiger charge is 2.13. The van der Waals surface area contributed by atoms with Crippen LogP contribution in [0, 0.1) is 0 Å². The molecule has 0 aliphatic carbocycles. The van der Waals surface area contributed by atoms with E-state index in [4.69, 9.17) is 23.2 Å². The molecule has 0 aliphatic rings. The number of nitrogens with one attached hydrogen (secondary N) is 1. The van der Waals surface area contributed by atoms with Gasteiger partial charge >= 0.3 is 0 Å². The Morgan fingerprint density at radius 2 is 1.81 bits per heavy atom. The first-order valence-electron chi connectivity index (χ1n) is 8.57. The molecule has 0 unspecified atom stereocenters. The molecule has 3 rings (SSSR count). The standard InChI is InChI=1S/C22H19Cl2NOS/c1-14(2)17-5-3-4-6-19(17)27-20-10-8-15(21(23)22(20)24)7-9-18(26)16-11-12-25-13-16/h3-14,25H,1-2H3/b9-7+. The minimum absolute atomic E-state index is 0.0900. The quantitative estimate of drug-likeness (QED) is 0.333. The Kier molecular flexibility index (Phi) is 6.48. The van der Waals surface area contributed by atoms with E-state index in [1.54, 1.807) is 36.3 Å². The summed E-state index contributed by atoms with van der Waals surface area (Å²) in [5.41, 5.74) is 2.59. The van der Waals surface area contributed by atoms with Crippen LogP contribution in [0.4, 0.5) is 0 Å². The fourth-order valence-electron chi connectivity index (χ4n) is 2.66. The molecule has 0 amide bonds. The van der Waals surface area contributed by atoms with Crippen molar-refractivity contribution in [1.82, 2.24) is 4.98 Å². The molecule has 0 aliphatic heterocycles. The third-order valence-electron chi connectivity index (χ3n) is 4.13. The average molecular weight is 416 g/mol. The lowest BCUT2D eigenvalue weighted by Gasteiger charge is -2.13. The average Bonchev–Trinajstić information content (AvgIpc) is 3.20. The lowest BCUT2D eigenvalue weighted by atomic mass is 10.0. The van der Waals surface area contributed by atoms with Crippen LogP contribution in [-0.2, 0) is 0 Å². The van der Waals surface area contributed by atoms with E-state index in [1.165, 1.54) is 11.6 Å². The fraction of sp³-hybridized carbons (Fsp3) is 0.136. The van der Waals surface area contributed by atoms with E-state index < -0.39 is 0 Å². The Morgan fingerprint density at radius 1 is 1.04 bits per heavy atom. The highest BCUT2D eigenvalue weighted by atomic mass is 35.5. The van der Waals surface area contributed by atoms with Crippen LogP contribution >= 0.6 is 35.0 Å². The van der Waals surface area contributed by atoms with Crippen LogP contribution in [-0.4, -0.2) is 10.8 Å². The van der Waals surface area contributed by atoms with Crippen molar-refractivity contribution in [1.29, 1.82) is 0 Å². The van der Waals surface area contributed by atoms with Gasteiger partial charge in [0.15, 0.2) is 5.78 Å². The molecule has 0 fully saturated rings. The summed E-state index contributed by atoms with van der Waals surface area (Å²) in [4.78, 5) is 17.0. The van der Waals surface area contributed by atoms with E-state index in [9.17, 15) is 4.79 Å². The van der Waals surface area contributed by atoms with E-state index in [-0.39, 0.29) is 5.78 Å². The highest BCUT2D eigenvalue weighted by molar-refractivity contribution is 7.99.